The minimum atomic E-state index is -0.186. The fourth-order valence-corrected chi connectivity index (χ4v) is 2.09. The van der Waals surface area contributed by atoms with Gasteiger partial charge in [0.15, 0.2) is 0 Å². The van der Waals surface area contributed by atoms with Crippen molar-refractivity contribution in [2.45, 2.75) is 25.9 Å². The van der Waals surface area contributed by atoms with Gasteiger partial charge in [0.1, 0.15) is 0 Å². The summed E-state index contributed by atoms with van der Waals surface area (Å²) < 4.78 is 0. The minimum Gasteiger partial charge on any atom is -0.211 e. The molecule has 0 spiro atoms. The van der Waals surface area contributed by atoms with Gasteiger partial charge in [0, 0.05) is 9.75 Å². The van der Waals surface area contributed by atoms with Crippen LogP contribution in [0.15, 0.2) is 22.1 Å². The zero-order valence-electron chi connectivity index (χ0n) is 8.43. The van der Waals surface area contributed by atoms with E-state index in [4.69, 9.17) is 0 Å². The lowest BCUT2D eigenvalue weighted by Gasteiger charge is -2.00. The first-order valence-corrected chi connectivity index (χ1v) is 5.24. The Balaban J connectivity index is 2.88. The lowest BCUT2D eigenvalue weighted by atomic mass is 10.2. The lowest BCUT2D eigenvalue weighted by molar-refractivity contribution is 0.559. The van der Waals surface area contributed by atoms with Crippen LogP contribution >= 0.6 is 11.3 Å². The van der Waals surface area contributed by atoms with Gasteiger partial charge in [-0.15, -0.1) is 11.3 Å². The van der Waals surface area contributed by atoms with Crippen LogP contribution in [0.3, 0.4) is 0 Å². The topological polar surface area (TPSA) is 58.9 Å². The molecule has 1 rings (SSSR count). The third kappa shape index (κ3) is 2.96. The Morgan fingerprint density at radius 1 is 1.07 bits per heavy atom. The van der Waals surface area contributed by atoms with Crippen molar-refractivity contribution in [3.05, 3.63) is 21.9 Å². The molecule has 0 amide bonds. The molecule has 0 bridgehead atoms. The molecular formula is C10H10N2O2S. The summed E-state index contributed by atoms with van der Waals surface area (Å²) in [5, 5.41) is 0. The van der Waals surface area contributed by atoms with E-state index >= 15 is 0 Å². The summed E-state index contributed by atoms with van der Waals surface area (Å²) in [6.07, 6.45) is 3.05. The Morgan fingerprint density at radius 2 is 1.47 bits per heavy atom. The standard InChI is InChI=1S/C10H10N2O2S/c1-7(11-5-13)9-3-4-10(15-9)8(2)12-6-14/h3-4,7-8H,1-2H3. The highest BCUT2D eigenvalue weighted by molar-refractivity contribution is 7.12. The van der Waals surface area contributed by atoms with Crippen molar-refractivity contribution in [3.8, 4) is 0 Å². The van der Waals surface area contributed by atoms with Gasteiger partial charge in [0.25, 0.3) is 0 Å². The summed E-state index contributed by atoms with van der Waals surface area (Å²) in [6, 6.07) is 3.38. The molecule has 0 saturated carbocycles. The molecule has 1 heterocycles. The monoisotopic (exact) mass is 222 g/mol. The summed E-state index contributed by atoms with van der Waals surface area (Å²) in [7, 11) is 0. The van der Waals surface area contributed by atoms with Crippen molar-refractivity contribution in [2.24, 2.45) is 9.98 Å². The molecule has 78 valence electrons. The van der Waals surface area contributed by atoms with Gasteiger partial charge in [-0.1, -0.05) is 0 Å². The van der Waals surface area contributed by atoms with E-state index in [1.54, 1.807) is 0 Å². The van der Waals surface area contributed by atoms with E-state index in [-0.39, 0.29) is 12.1 Å². The molecule has 0 radical (unpaired) electrons. The third-order valence-electron chi connectivity index (χ3n) is 1.96. The molecule has 1 aromatic rings. The maximum Gasteiger partial charge on any atom is 0.235 e. The average molecular weight is 222 g/mol. The molecule has 0 N–H and O–H groups in total. The summed E-state index contributed by atoms with van der Waals surface area (Å²) in [5.41, 5.74) is 0. The molecule has 2 unspecified atom stereocenters. The molecule has 4 nitrogen and oxygen atoms in total. The number of hydrogen-bond donors (Lipinski definition) is 0. The number of isocyanates is 2. The molecule has 0 aliphatic rings. The van der Waals surface area contributed by atoms with Crippen molar-refractivity contribution < 1.29 is 9.59 Å². The van der Waals surface area contributed by atoms with Crippen molar-refractivity contribution in [2.75, 3.05) is 0 Å². The van der Waals surface area contributed by atoms with Crippen LogP contribution in [0.25, 0.3) is 0 Å². The van der Waals surface area contributed by atoms with Gasteiger partial charge in [-0.05, 0) is 26.0 Å². The van der Waals surface area contributed by atoms with Crippen LogP contribution < -0.4 is 0 Å². The number of aliphatic imine (C=N–C) groups is 2. The Labute approximate surface area is 91.4 Å². The quantitative estimate of drug-likeness (QED) is 0.580. The molecule has 5 heteroatoms. The number of thiophene rings is 1. The summed E-state index contributed by atoms with van der Waals surface area (Å²) >= 11 is 1.48. The van der Waals surface area contributed by atoms with Crippen molar-refractivity contribution in [1.82, 2.24) is 0 Å². The van der Waals surface area contributed by atoms with Gasteiger partial charge in [-0.2, -0.15) is 9.98 Å². The largest absolute Gasteiger partial charge is 0.235 e. The van der Waals surface area contributed by atoms with Crippen LogP contribution in [-0.4, -0.2) is 12.2 Å². The van der Waals surface area contributed by atoms with E-state index in [1.807, 2.05) is 26.0 Å². The Bertz CT molecular complexity index is 390. The molecule has 0 saturated heterocycles. The Hall–Kier alpha value is -1.54. The number of rotatable bonds is 4. The zero-order valence-corrected chi connectivity index (χ0v) is 9.25. The van der Waals surface area contributed by atoms with E-state index in [0.717, 1.165) is 9.75 Å². The van der Waals surface area contributed by atoms with Gasteiger partial charge in [0.2, 0.25) is 12.2 Å². The minimum absolute atomic E-state index is 0.186. The van der Waals surface area contributed by atoms with Gasteiger partial charge < -0.3 is 0 Å². The van der Waals surface area contributed by atoms with E-state index in [9.17, 15) is 9.59 Å². The van der Waals surface area contributed by atoms with Crippen LogP contribution in [0.5, 0.6) is 0 Å². The Kier molecular flexibility index (Phi) is 4.13. The zero-order chi connectivity index (χ0) is 11.3. The predicted molar refractivity (Wildman–Crippen MR) is 57.4 cm³/mol. The van der Waals surface area contributed by atoms with E-state index in [1.165, 1.54) is 23.5 Å². The van der Waals surface area contributed by atoms with Crippen LogP contribution in [0.2, 0.25) is 0 Å². The smallest absolute Gasteiger partial charge is 0.211 e. The molecule has 0 aromatic carbocycles. The van der Waals surface area contributed by atoms with E-state index in [2.05, 4.69) is 9.98 Å². The second-order valence-corrected chi connectivity index (χ2v) is 4.18. The molecule has 0 fully saturated rings. The molecule has 2 atom stereocenters. The number of carbonyl (C=O) groups excluding carboxylic acids is 2. The van der Waals surface area contributed by atoms with Crippen LogP contribution in [0, 0.1) is 0 Å². The average Bonchev–Trinajstić information content (AvgIpc) is 2.67. The van der Waals surface area contributed by atoms with Crippen LogP contribution in [0.4, 0.5) is 0 Å². The second kappa shape index (κ2) is 5.37. The maximum atomic E-state index is 10.1. The number of nitrogens with zero attached hydrogens (tertiary/aromatic N) is 2. The highest BCUT2D eigenvalue weighted by Gasteiger charge is 2.11. The fourth-order valence-electron chi connectivity index (χ4n) is 1.10. The summed E-state index contributed by atoms with van der Waals surface area (Å²) in [5.74, 6) is 0. The normalized spacial score (nSPS) is 13.5. The van der Waals surface area contributed by atoms with Gasteiger partial charge in [-0.3, -0.25) is 0 Å². The number of hydrogen-bond acceptors (Lipinski definition) is 5. The van der Waals surface area contributed by atoms with Crippen LogP contribution in [-0.2, 0) is 9.59 Å². The summed E-state index contributed by atoms with van der Waals surface area (Å²) in [4.78, 5) is 29.3. The SMILES string of the molecule is CC(N=C=O)c1ccc(C(C)N=C=O)s1. The van der Waals surface area contributed by atoms with Crippen molar-refractivity contribution >= 4 is 23.5 Å². The molecule has 15 heavy (non-hydrogen) atoms. The second-order valence-electron chi connectivity index (χ2n) is 3.03. The third-order valence-corrected chi connectivity index (χ3v) is 3.39. The van der Waals surface area contributed by atoms with Crippen LogP contribution in [0.1, 0.15) is 35.7 Å². The molecule has 1 aromatic heterocycles. The first kappa shape index (κ1) is 11.5. The summed E-state index contributed by atoms with van der Waals surface area (Å²) in [6.45, 7) is 3.63. The van der Waals surface area contributed by atoms with Crippen molar-refractivity contribution in [1.29, 1.82) is 0 Å². The maximum absolute atomic E-state index is 10.1. The van der Waals surface area contributed by atoms with E-state index < -0.39 is 0 Å². The highest BCUT2D eigenvalue weighted by atomic mass is 32.1. The predicted octanol–water partition coefficient (Wildman–Crippen LogP) is 2.54. The Morgan fingerprint density at radius 3 is 1.80 bits per heavy atom. The van der Waals surface area contributed by atoms with Gasteiger partial charge in [0.05, 0.1) is 12.1 Å². The van der Waals surface area contributed by atoms with Gasteiger partial charge in [-0.25, -0.2) is 9.59 Å². The highest BCUT2D eigenvalue weighted by Crippen LogP contribution is 2.30. The molecular weight excluding hydrogens is 212 g/mol. The molecule has 0 aliphatic carbocycles. The molecule has 0 aliphatic heterocycles. The lowest BCUT2D eigenvalue weighted by Crippen LogP contribution is -1.84. The fraction of sp³-hybridized carbons (Fsp3) is 0.400. The van der Waals surface area contributed by atoms with Crippen molar-refractivity contribution in [3.63, 3.8) is 0 Å². The first-order valence-electron chi connectivity index (χ1n) is 4.42. The van der Waals surface area contributed by atoms with Gasteiger partial charge >= 0.3 is 0 Å². The van der Waals surface area contributed by atoms with E-state index in [0.29, 0.717) is 0 Å². The first-order chi connectivity index (χ1) is 7.19.